The minimum absolute atomic E-state index is 0.0137. The molecule has 0 aromatic carbocycles. The van der Waals surface area contributed by atoms with Crippen molar-refractivity contribution in [3.8, 4) is 0 Å². The van der Waals surface area contributed by atoms with Crippen LogP contribution in [0.2, 0.25) is 0 Å². The number of nitrogens with two attached hydrogens (primary N) is 1. The van der Waals surface area contributed by atoms with Crippen LogP contribution in [0.1, 0.15) is 44.9 Å². The smallest absolute Gasteiger partial charge is 0.243 e. The molecule has 0 aromatic rings. The van der Waals surface area contributed by atoms with Gasteiger partial charge in [0.15, 0.2) is 0 Å². The standard InChI is InChI=1S/C14H23N3O2/c15-11(9-3-4-9)8-13(18)17-7-1-2-12(17)14(19)16-10-5-6-10/h9-12H,1-8,15H2,(H,16,19). The summed E-state index contributed by atoms with van der Waals surface area (Å²) in [6.45, 7) is 0.707. The van der Waals surface area contributed by atoms with E-state index in [2.05, 4.69) is 5.32 Å². The SMILES string of the molecule is NC(CC(=O)N1CCCC1C(=O)NC1CC1)C1CC1. The molecule has 5 heteroatoms. The van der Waals surface area contributed by atoms with Gasteiger partial charge in [0.25, 0.3) is 0 Å². The minimum Gasteiger partial charge on any atom is -0.352 e. The van der Waals surface area contributed by atoms with Crippen LogP contribution in [0.15, 0.2) is 0 Å². The molecule has 1 heterocycles. The highest BCUT2D eigenvalue weighted by molar-refractivity contribution is 5.88. The first-order chi connectivity index (χ1) is 9.15. The number of hydrogen-bond acceptors (Lipinski definition) is 3. The van der Waals surface area contributed by atoms with Crippen LogP contribution in [-0.2, 0) is 9.59 Å². The highest BCUT2D eigenvalue weighted by Crippen LogP contribution is 2.33. The number of likely N-dealkylation sites (tertiary alicyclic amines) is 1. The average molecular weight is 265 g/mol. The van der Waals surface area contributed by atoms with Crippen LogP contribution in [0.25, 0.3) is 0 Å². The van der Waals surface area contributed by atoms with Crippen molar-refractivity contribution < 1.29 is 9.59 Å². The van der Waals surface area contributed by atoms with Crippen molar-refractivity contribution in [2.24, 2.45) is 11.7 Å². The lowest BCUT2D eigenvalue weighted by atomic mass is 10.1. The van der Waals surface area contributed by atoms with Crippen molar-refractivity contribution in [3.63, 3.8) is 0 Å². The first-order valence-corrected chi connectivity index (χ1v) is 7.50. The minimum atomic E-state index is -0.250. The number of rotatable bonds is 5. The monoisotopic (exact) mass is 265 g/mol. The van der Waals surface area contributed by atoms with E-state index in [1.54, 1.807) is 4.90 Å². The molecule has 2 amide bonds. The molecule has 0 bridgehead atoms. The Kier molecular flexibility index (Phi) is 3.48. The Morgan fingerprint density at radius 3 is 2.58 bits per heavy atom. The van der Waals surface area contributed by atoms with Crippen LogP contribution < -0.4 is 11.1 Å². The van der Waals surface area contributed by atoms with Crippen LogP contribution >= 0.6 is 0 Å². The summed E-state index contributed by atoms with van der Waals surface area (Å²) >= 11 is 0. The number of amides is 2. The van der Waals surface area contributed by atoms with Gasteiger partial charge in [0.2, 0.25) is 11.8 Å². The molecule has 3 N–H and O–H groups in total. The summed E-state index contributed by atoms with van der Waals surface area (Å²) in [5.41, 5.74) is 6.01. The molecule has 106 valence electrons. The highest BCUT2D eigenvalue weighted by Gasteiger charge is 2.38. The zero-order valence-electron chi connectivity index (χ0n) is 11.3. The fourth-order valence-corrected chi connectivity index (χ4v) is 2.87. The number of carbonyl (C=O) groups excluding carboxylic acids is 2. The summed E-state index contributed by atoms with van der Waals surface area (Å²) < 4.78 is 0. The van der Waals surface area contributed by atoms with E-state index < -0.39 is 0 Å². The maximum absolute atomic E-state index is 12.3. The molecule has 2 aliphatic carbocycles. The average Bonchev–Trinajstić information content (AvgIpc) is 3.28. The molecule has 2 atom stereocenters. The molecule has 0 aromatic heterocycles. The van der Waals surface area contributed by atoms with Crippen LogP contribution in [-0.4, -0.2) is 41.4 Å². The number of hydrogen-bond donors (Lipinski definition) is 2. The predicted molar refractivity (Wildman–Crippen MR) is 71.2 cm³/mol. The second-order valence-corrected chi connectivity index (χ2v) is 6.23. The van der Waals surface area contributed by atoms with E-state index in [0.717, 1.165) is 38.5 Å². The van der Waals surface area contributed by atoms with Gasteiger partial charge in [-0.1, -0.05) is 0 Å². The molecule has 0 radical (unpaired) electrons. The van der Waals surface area contributed by atoms with E-state index in [1.165, 1.54) is 0 Å². The first-order valence-electron chi connectivity index (χ1n) is 7.50. The molecule has 3 rings (SSSR count). The fourth-order valence-electron chi connectivity index (χ4n) is 2.87. The van der Waals surface area contributed by atoms with E-state index >= 15 is 0 Å². The van der Waals surface area contributed by atoms with Gasteiger partial charge in [0, 0.05) is 25.0 Å². The third kappa shape index (κ3) is 3.08. The zero-order chi connectivity index (χ0) is 13.4. The van der Waals surface area contributed by atoms with Gasteiger partial charge in [-0.3, -0.25) is 9.59 Å². The Morgan fingerprint density at radius 2 is 1.95 bits per heavy atom. The molecule has 3 aliphatic rings. The summed E-state index contributed by atoms with van der Waals surface area (Å²) in [6.07, 6.45) is 6.59. The third-order valence-electron chi connectivity index (χ3n) is 4.44. The van der Waals surface area contributed by atoms with Gasteiger partial charge in [-0.15, -0.1) is 0 Å². The summed E-state index contributed by atoms with van der Waals surface area (Å²) in [5, 5.41) is 3.01. The van der Waals surface area contributed by atoms with Gasteiger partial charge >= 0.3 is 0 Å². The maximum atomic E-state index is 12.3. The Balaban J connectivity index is 1.54. The van der Waals surface area contributed by atoms with Crippen molar-refractivity contribution in [1.82, 2.24) is 10.2 Å². The topological polar surface area (TPSA) is 75.4 Å². The van der Waals surface area contributed by atoms with Gasteiger partial charge in [-0.2, -0.15) is 0 Å². The van der Waals surface area contributed by atoms with Crippen LogP contribution in [0, 0.1) is 5.92 Å². The molecule has 3 fully saturated rings. The van der Waals surface area contributed by atoms with E-state index in [1.807, 2.05) is 0 Å². The number of nitrogens with one attached hydrogen (secondary N) is 1. The van der Waals surface area contributed by atoms with Gasteiger partial charge < -0.3 is 16.0 Å². The van der Waals surface area contributed by atoms with Crippen molar-refractivity contribution in [2.75, 3.05) is 6.54 Å². The molecular weight excluding hydrogens is 242 g/mol. The first kappa shape index (κ1) is 12.9. The molecule has 5 nitrogen and oxygen atoms in total. The number of nitrogens with zero attached hydrogens (tertiary/aromatic N) is 1. The van der Waals surface area contributed by atoms with Crippen LogP contribution in [0.5, 0.6) is 0 Å². The summed E-state index contributed by atoms with van der Waals surface area (Å²) in [4.78, 5) is 26.1. The summed E-state index contributed by atoms with van der Waals surface area (Å²) in [7, 11) is 0. The van der Waals surface area contributed by atoms with Crippen LogP contribution in [0.4, 0.5) is 0 Å². The van der Waals surface area contributed by atoms with Gasteiger partial charge in [0.1, 0.15) is 6.04 Å². The molecule has 2 saturated carbocycles. The Morgan fingerprint density at radius 1 is 1.21 bits per heavy atom. The molecule has 2 unspecified atom stereocenters. The van der Waals surface area contributed by atoms with E-state index in [0.29, 0.717) is 24.9 Å². The molecular formula is C14H23N3O2. The molecule has 19 heavy (non-hydrogen) atoms. The van der Waals surface area contributed by atoms with Crippen molar-refractivity contribution in [3.05, 3.63) is 0 Å². The molecule has 1 aliphatic heterocycles. The Bertz CT molecular complexity index is 377. The second-order valence-electron chi connectivity index (χ2n) is 6.23. The largest absolute Gasteiger partial charge is 0.352 e. The maximum Gasteiger partial charge on any atom is 0.243 e. The third-order valence-corrected chi connectivity index (χ3v) is 4.44. The van der Waals surface area contributed by atoms with E-state index in [4.69, 9.17) is 5.73 Å². The number of carbonyl (C=O) groups is 2. The van der Waals surface area contributed by atoms with Gasteiger partial charge in [0.05, 0.1) is 0 Å². The van der Waals surface area contributed by atoms with Crippen LogP contribution in [0.3, 0.4) is 0 Å². The molecule has 0 spiro atoms. The lowest BCUT2D eigenvalue weighted by Crippen LogP contribution is -2.47. The Labute approximate surface area is 113 Å². The Hall–Kier alpha value is -1.10. The lowest BCUT2D eigenvalue weighted by Gasteiger charge is -2.25. The second kappa shape index (κ2) is 5.12. The highest BCUT2D eigenvalue weighted by atomic mass is 16.2. The quantitative estimate of drug-likeness (QED) is 0.755. The summed E-state index contributed by atoms with van der Waals surface area (Å²) in [5.74, 6) is 0.631. The van der Waals surface area contributed by atoms with Crippen molar-refractivity contribution in [2.45, 2.75) is 63.1 Å². The van der Waals surface area contributed by atoms with Gasteiger partial charge in [-0.25, -0.2) is 0 Å². The predicted octanol–water partition coefficient (Wildman–Crippen LogP) is 0.383. The molecule has 1 saturated heterocycles. The normalized spacial score (nSPS) is 28.3. The van der Waals surface area contributed by atoms with Crippen molar-refractivity contribution in [1.29, 1.82) is 0 Å². The summed E-state index contributed by atoms with van der Waals surface area (Å²) in [6, 6.07) is 0.0959. The van der Waals surface area contributed by atoms with Gasteiger partial charge in [-0.05, 0) is 44.4 Å². The fraction of sp³-hybridized carbons (Fsp3) is 0.857. The van der Waals surface area contributed by atoms with Crippen molar-refractivity contribution >= 4 is 11.8 Å². The van der Waals surface area contributed by atoms with E-state index in [-0.39, 0.29) is 23.9 Å². The van der Waals surface area contributed by atoms with E-state index in [9.17, 15) is 9.59 Å². The lowest BCUT2D eigenvalue weighted by molar-refractivity contribution is -0.138. The zero-order valence-corrected chi connectivity index (χ0v) is 11.3.